The molecule has 338 valence electrons. The molecule has 4 aromatic rings. The third-order valence-corrected chi connectivity index (χ3v) is 16.0. The van der Waals surface area contributed by atoms with E-state index >= 15 is 0 Å². The third-order valence-electron chi connectivity index (χ3n) is 16.0. The molecule has 2 saturated heterocycles. The molecule has 6 atom stereocenters. The largest absolute Gasteiger partial charge is 0.483 e. The number of hydrogen-bond donors (Lipinski definition) is 4. The molecule has 0 unspecified atom stereocenters. The highest BCUT2D eigenvalue weighted by Crippen LogP contribution is 2.54. The molecule has 2 aromatic carbocycles. The van der Waals surface area contributed by atoms with Crippen molar-refractivity contribution in [3.8, 4) is 33.6 Å². The Balaban J connectivity index is 0.932. The molecule has 13 nitrogen and oxygen atoms in total. The Morgan fingerprint density at radius 3 is 1.50 bits per heavy atom. The number of rotatable bonds is 13. The van der Waals surface area contributed by atoms with Crippen LogP contribution in [0.2, 0.25) is 0 Å². The zero-order valence-corrected chi connectivity index (χ0v) is 38.4. The molecule has 13 heteroatoms. The lowest BCUT2D eigenvalue weighted by molar-refractivity contribution is -0.141. The van der Waals surface area contributed by atoms with Crippen molar-refractivity contribution in [3.63, 3.8) is 0 Å². The number of piperidine rings is 2. The fraction of sp³-hybridized carbons (Fsp3) is 0.549. The number of alkyl carbamates (subject to hydrolysis) is 1. The summed E-state index contributed by atoms with van der Waals surface area (Å²) in [7, 11) is 2.90. The zero-order valence-electron chi connectivity index (χ0n) is 38.4. The van der Waals surface area contributed by atoms with E-state index in [0.29, 0.717) is 24.3 Å². The van der Waals surface area contributed by atoms with E-state index in [1.807, 2.05) is 24.9 Å². The van der Waals surface area contributed by atoms with Crippen LogP contribution in [0, 0.1) is 23.7 Å². The molecule has 2 aliphatic heterocycles. The van der Waals surface area contributed by atoms with Crippen LogP contribution in [0.3, 0.4) is 0 Å². The van der Waals surface area contributed by atoms with E-state index in [1.165, 1.54) is 46.1 Å². The first-order valence-corrected chi connectivity index (χ1v) is 23.7. The number of nitrogens with zero attached hydrogens (tertiary/aromatic N) is 4. The fourth-order valence-corrected chi connectivity index (χ4v) is 12.8. The van der Waals surface area contributed by atoms with Gasteiger partial charge in [-0.3, -0.25) is 9.59 Å². The monoisotopic (exact) mass is 868 g/mol. The molecule has 6 aliphatic rings. The maximum atomic E-state index is 14.3. The zero-order chi connectivity index (χ0) is 44.7. The van der Waals surface area contributed by atoms with Gasteiger partial charge >= 0.3 is 6.09 Å². The van der Waals surface area contributed by atoms with Crippen molar-refractivity contribution in [1.29, 1.82) is 0 Å². The van der Waals surface area contributed by atoms with E-state index in [2.05, 4.69) is 76.4 Å². The Hall–Kier alpha value is -5.59. The molecule has 4 bridgehead atoms. The number of fused-ring (bicyclic) bond motifs is 6. The van der Waals surface area contributed by atoms with Gasteiger partial charge in [-0.2, -0.15) is 0 Å². The van der Waals surface area contributed by atoms with Crippen LogP contribution in [0.4, 0.5) is 4.79 Å². The Bertz CT molecular complexity index is 2350. The van der Waals surface area contributed by atoms with E-state index in [-0.39, 0.29) is 23.7 Å². The fourth-order valence-electron chi connectivity index (χ4n) is 12.8. The first kappa shape index (κ1) is 42.4. The Kier molecular flexibility index (Phi) is 10.7. The van der Waals surface area contributed by atoms with Crippen molar-refractivity contribution in [3.05, 3.63) is 83.0 Å². The molecule has 4 N–H and O–H groups in total. The summed E-state index contributed by atoms with van der Waals surface area (Å²) in [4.78, 5) is 62.6. The number of hydrogen-bond acceptors (Lipinski definition) is 8. The van der Waals surface area contributed by atoms with Gasteiger partial charge in [0.2, 0.25) is 11.8 Å². The first-order valence-electron chi connectivity index (χ1n) is 23.7. The number of benzene rings is 2. The van der Waals surface area contributed by atoms with Gasteiger partial charge in [-0.25, -0.2) is 14.8 Å². The summed E-state index contributed by atoms with van der Waals surface area (Å²) in [6.07, 6.45) is 15.5. The second-order valence-corrected chi connectivity index (χ2v) is 20.2. The lowest BCUT2D eigenvalue weighted by Gasteiger charge is -2.40. The van der Waals surface area contributed by atoms with Crippen LogP contribution in [0.25, 0.3) is 33.6 Å². The van der Waals surface area contributed by atoms with Crippen molar-refractivity contribution < 1.29 is 23.9 Å². The number of carbonyl (C=O) groups excluding carboxylic acids is 3. The van der Waals surface area contributed by atoms with E-state index in [4.69, 9.17) is 19.4 Å². The molecule has 2 saturated carbocycles. The summed E-state index contributed by atoms with van der Waals surface area (Å²) < 4.78 is 10.2. The molecule has 0 spiro atoms. The summed E-state index contributed by atoms with van der Waals surface area (Å²) >= 11 is 0. The minimum atomic E-state index is -0.676. The van der Waals surface area contributed by atoms with Crippen molar-refractivity contribution in [2.24, 2.45) is 23.7 Å². The number of likely N-dealkylation sites (tertiary alicyclic amines) is 2. The smallest absolute Gasteiger partial charge is 0.407 e. The number of imidazole rings is 2. The van der Waals surface area contributed by atoms with Gasteiger partial charge in [0.1, 0.15) is 34.8 Å². The molecule has 4 aliphatic carbocycles. The number of amides is 3. The van der Waals surface area contributed by atoms with Crippen molar-refractivity contribution in [2.75, 3.05) is 27.3 Å². The molecular weight excluding hydrogens is 805 g/mol. The van der Waals surface area contributed by atoms with Crippen LogP contribution in [0.1, 0.15) is 113 Å². The maximum Gasteiger partial charge on any atom is 0.407 e. The average molecular weight is 869 g/mol. The molecule has 4 heterocycles. The number of methoxy groups -OCH3 is 2. The average Bonchev–Trinajstić information content (AvgIpc) is 4.15. The molecular formula is C51H64N8O5. The minimum Gasteiger partial charge on any atom is -0.483 e. The lowest BCUT2D eigenvalue weighted by atomic mass is 9.87. The molecule has 3 amide bonds. The second kappa shape index (κ2) is 16.1. The summed E-state index contributed by atoms with van der Waals surface area (Å²) in [6.45, 7) is 13.4. The van der Waals surface area contributed by atoms with E-state index < -0.39 is 29.3 Å². The van der Waals surface area contributed by atoms with Gasteiger partial charge in [0.05, 0.1) is 25.6 Å². The number of aromatic nitrogens is 4. The van der Waals surface area contributed by atoms with Crippen LogP contribution >= 0.6 is 0 Å². The normalized spacial score (nSPS) is 24.9. The molecule has 64 heavy (non-hydrogen) atoms. The third kappa shape index (κ3) is 6.73. The van der Waals surface area contributed by atoms with Gasteiger partial charge in [-0.05, 0) is 141 Å². The first-order chi connectivity index (χ1) is 30.8. The number of H-pyrrole nitrogens is 2. The van der Waals surface area contributed by atoms with Crippen molar-refractivity contribution in [2.45, 2.75) is 128 Å². The van der Waals surface area contributed by atoms with Crippen molar-refractivity contribution in [1.82, 2.24) is 40.4 Å². The SMILES string of the molecule is C=C(N[C@H](C(=O)N1C[C@@H]2CC[C@@]1(c1nc(-c3ccc(-c4ccc(-c5c[nH]c([C@@]67CC[C@@H](CN6C(=O)[C@@H](NC(=O)OC)C(C)C)C7)n5)c5c4CCC5)c4c3CCC4)c[nH]1)C2)C(C)C)OC. The van der Waals surface area contributed by atoms with Gasteiger partial charge < -0.3 is 39.9 Å². The lowest BCUT2D eigenvalue weighted by Crippen LogP contribution is -2.56. The van der Waals surface area contributed by atoms with Gasteiger partial charge in [0.25, 0.3) is 0 Å². The van der Waals surface area contributed by atoms with Crippen LogP contribution in [0.15, 0.2) is 49.1 Å². The number of nitrogens with one attached hydrogen (secondary N) is 4. The Labute approximate surface area is 376 Å². The van der Waals surface area contributed by atoms with Gasteiger partial charge in [0, 0.05) is 36.6 Å². The van der Waals surface area contributed by atoms with E-state index in [1.54, 1.807) is 7.11 Å². The van der Waals surface area contributed by atoms with Gasteiger partial charge in [0.15, 0.2) is 5.88 Å². The molecule has 0 radical (unpaired) electrons. The Morgan fingerprint density at radius 1 is 0.672 bits per heavy atom. The quantitative estimate of drug-likeness (QED) is 0.0989. The highest BCUT2D eigenvalue weighted by atomic mass is 16.5. The van der Waals surface area contributed by atoms with Crippen LogP contribution < -0.4 is 10.6 Å². The Morgan fingerprint density at radius 2 is 1.09 bits per heavy atom. The van der Waals surface area contributed by atoms with Gasteiger partial charge in [-0.1, -0.05) is 52.0 Å². The summed E-state index contributed by atoms with van der Waals surface area (Å²) in [5.74, 6) is 2.98. The standard InChI is InChI=1S/C51H64N8O5/c1-28(2)43(54-30(5)63-6)45(60)58-26-31-18-20-50(58,22-31)47-52-24-41(55-47)39-16-14-37(33-10-8-12-35(33)39)38-15-17-40(36-13-9-11-34(36)38)42-25-53-48(56-42)51-21-19-32(23-51)27-59(51)46(61)44(29(3)4)57-49(62)64-7/h14-17,24-25,28-29,31-32,43-44,54H,5,8-13,18-23,26-27H2,1-4,6-7H3,(H,52,55)(H,53,56)(H,57,62)/t31-,32-,43+,44+,50+,51+/m1/s1. The van der Waals surface area contributed by atoms with Gasteiger partial charge in [-0.15, -0.1) is 0 Å². The van der Waals surface area contributed by atoms with Crippen LogP contribution in [-0.4, -0.2) is 87.0 Å². The van der Waals surface area contributed by atoms with Crippen molar-refractivity contribution >= 4 is 17.9 Å². The molecule has 10 rings (SSSR count). The maximum absolute atomic E-state index is 14.3. The predicted molar refractivity (Wildman–Crippen MR) is 245 cm³/mol. The number of aromatic amines is 2. The van der Waals surface area contributed by atoms with Crippen LogP contribution in [-0.2, 0) is 55.8 Å². The summed E-state index contributed by atoms with van der Waals surface area (Å²) in [5, 5.41) is 6.04. The minimum absolute atomic E-state index is 0.0590. The predicted octanol–water partition coefficient (Wildman–Crippen LogP) is 7.90. The molecule has 2 aromatic heterocycles. The second-order valence-electron chi connectivity index (χ2n) is 20.2. The van der Waals surface area contributed by atoms with E-state index in [9.17, 15) is 14.4 Å². The molecule has 4 fully saturated rings. The highest BCUT2D eigenvalue weighted by molar-refractivity contribution is 5.87. The number of ether oxygens (including phenoxy) is 2. The number of carbonyl (C=O) groups is 3. The summed E-state index contributed by atoms with van der Waals surface area (Å²) in [5.41, 5.74) is 11.5. The summed E-state index contributed by atoms with van der Waals surface area (Å²) in [6, 6.07) is 8.08. The topological polar surface area (TPSA) is 158 Å². The van der Waals surface area contributed by atoms with E-state index in [0.717, 1.165) is 112 Å². The highest BCUT2D eigenvalue weighted by Gasteiger charge is 2.58. The van der Waals surface area contributed by atoms with Crippen LogP contribution in [0.5, 0.6) is 0 Å².